The molecule has 2 amide bonds. The van der Waals surface area contributed by atoms with E-state index in [9.17, 15) is 19.2 Å². The zero-order valence-electron chi connectivity index (χ0n) is 18.8. The van der Waals surface area contributed by atoms with Crippen molar-refractivity contribution in [1.82, 2.24) is 15.6 Å². The highest BCUT2D eigenvalue weighted by Gasteiger charge is 2.33. The summed E-state index contributed by atoms with van der Waals surface area (Å²) in [5, 5.41) is 5.19. The number of ether oxygens (including phenoxy) is 1. The van der Waals surface area contributed by atoms with Gasteiger partial charge < -0.3 is 19.8 Å². The van der Waals surface area contributed by atoms with Gasteiger partial charge in [-0.05, 0) is 24.3 Å². The molecule has 0 aliphatic carbocycles. The summed E-state index contributed by atoms with van der Waals surface area (Å²) in [4.78, 5) is 54.5. The minimum atomic E-state index is -0.845. The molecule has 9 heteroatoms. The van der Waals surface area contributed by atoms with Gasteiger partial charge in [-0.1, -0.05) is 44.2 Å². The number of ketones is 2. The summed E-state index contributed by atoms with van der Waals surface area (Å²) in [6.07, 6.45) is 1.60. The van der Waals surface area contributed by atoms with Crippen molar-refractivity contribution in [3.05, 3.63) is 53.7 Å². The minimum Gasteiger partial charge on any atom is -0.448 e. The molecule has 2 N–H and O–H groups in total. The normalized spacial score (nSPS) is 17.6. The first kappa shape index (κ1) is 24.2. The maximum absolute atomic E-state index is 13.1. The summed E-state index contributed by atoms with van der Waals surface area (Å²) in [6, 6.07) is 8.35. The molecule has 1 aliphatic rings. The molecule has 0 radical (unpaired) electrons. The molecule has 2 aromatic rings. The Morgan fingerprint density at radius 3 is 2.70 bits per heavy atom. The number of aromatic nitrogens is 1. The van der Waals surface area contributed by atoms with Crippen molar-refractivity contribution in [3.8, 4) is 0 Å². The van der Waals surface area contributed by atoms with Gasteiger partial charge in [0.25, 0.3) is 5.91 Å². The topological polar surface area (TPSA) is 128 Å². The molecule has 2 heterocycles. The van der Waals surface area contributed by atoms with Gasteiger partial charge in [-0.25, -0.2) is 9.78 Å². The van der Waals surface area contributed by atoms with Crippen LogP contribution in [0.2, 0.25) is 0 Å². The van der Waals surface area contributed by atoms with E-state index in [-0.39, 0.29) is 37.7 Å². The first-order chi connectivity index (χ1) is 15.8. The number of carbonyl (C=O) groups is 4. The number of aryl methyl sites for hydroxylation is 1. The Morgan fingerprint density at radius 1 is 1.21 bits per heavy atom. The number of fused-ring (bicyclic) bond motifs is 1. The molecular weight excluding hydrogens is 426 g/mol. The molecule has 33 heavy (non-hydrogen) atoms. The Labute approximate surface area is 192 Å². The second-order valence-electron chi connectivity index (χ2n) is 8.43. The summed E-state index contributed by atoms with van der Waals surface area (Å²) >= 11 is 0. The predicted molar refractivity (Wildman–Crippen MR) is 118 cm³/mol. The van der Waals surface area contributed by atoms with Crippen molar-refractivity contribution in [2.45, 2.75) is 52.2 Å². The molecule has 0 bridgehead atoms. The van der Waals surface area contributed by atoms with E-state index in [0.717, 1.165) is 11.3 Å². The van der Waals surface area contributed by atoms with E-state index in [4.69, 9.17) is 9.15 Å². The molecule has 9 nitrogen and oxygen atoms in total. The van der Waals surface area contributed by atoms with Crippen molar-refractivity contribution in [2.24, 2.45) is 11.8 Å². The van der Waals surface area contributed by atoms with Crippen molar-refractivity contribution >= 4 is 23.6 Å². The van der Waals surface area contributed by atoms with Crippen LogP contribution in [0.25, 0.3) is 0 Å². The van der Waals surface area contributed by atoms with E-state index < -0.39 is 29.7 Å². The van der Waals surface area contributed by atoms with Crippen LogP contribution in [0.15, 0.2) is 41.1 Å². The van der Waals surface area contributed by atoms with E-state index in [2.05, 4.69) is 15.6 Å². The number of alkyl carbamates (subject to hydrolysis) is 1. The van der Waals surface area contributed by atoms with Gasteiger partial charge in [-0.2, -0.15) is 0 Å². The first-order valence-electron chi connectivity index (χ1n) is 11.1. The lowest BCUT2D eigenvalue weighted by atomic mass is 9.86. The molecule has 3 rings (SSSR count). The lowest BCUT2D eigenvalue weighted by Gasteiger charge is -2.23. The van der Waals surface area contributed by atoms with Crippen LogP contribution >= 0.6 is 0 Å². The van der Waals surface area contributed by atoms with Crippen LogP contribution in [0, 0.1) is 11.8 Å². The summed E-state index contributed by atoms with van der Waals surface area (Å²) < 4.78 is 10.6. The highest BCUT2D eigenvalue weighted by Crippen LogP contribution is 2.20. The van der Waals surface area contributed by atoms with Gasteiger partial charge in [0.2, 0.25) is 5.78 Å². The van der Waals surface area contributed by atoms with E-state index in [1.165, 1.54) is 6.39 Å². The number of oxazole rings is 1. The highest BCUT2D eigenvalue weighted by atomic mass is 16.5. The number of amides is 2. The maximum atomic E-state index is 13.1. The number of nitrogens with one attached hydrogen (secondary N) is 2. The van der Waals surface area contributed by atoms with E-state index in [1.807, 2.05) is 30.3 Å². The lowest BCUT2D eigenvalue weighted by molar-refractivity contribution is -0.141. The molecule has 0 saturated carbocycles. The number of nitrogens with zero attached hydrogens (tertiary/aromatic N) is 1. The fourth-order valence-corrected chi connectivity index (χ4v) is 3.78. The minimum absolute atomic E-state index is 0.0764. The standard InChI is InChI=1S/C24H29N3O6/c1-15(2)21(27-24(31)32-13-16-6-4-3-5-7-16)19(28)12-17-8-9-18-20(33-14-26-18)10-11-25-23(30)22(17)29/h3-7,14-15,17,21H,8-13H2,1-2H3,(H,25,30)(H,27,31). The molecule has 1 aliphatic heterocycles. The van der Waals surface area contributed by atoms with Crippen LogP contribution in [0.4, 0.5) is 4.79 Å². The fourth-order valence-electron chi connectivity index (χ4n) is 3.78. The SMILES string of the molecule is CC(C)C(NC(=O)OCc1ccccc1)C(=O)CC1CCc2ncoc2CCNC(=O)C1=O. The van der Waals surface area contributed by atoms with E-state index in [0.29, 0.717) is 18.6 Å². The van der Waals surface area contributed by atoms with Crippen molar-refractivity contribution in [1.29, 1.82) is 0 Å². The lowest BCUT2D eigenvalue weighted by Crippen LogP contribution is -2.46. The fraction of sp³-hybridized carbons (Fsp3) is 0.458. The Bertz CT molecular complexity index is 985. The van der Waals surface area contributed by atoms with E-state index in [1.54, 1.807) is 13.8 Å². The number of hydrogen-bond acceptors (Lipinski definition) is 7. The molecule has 1 aromatic heterocycles. The smallest absolute Gasteiger partial charge is 0.408 e. The Kier molecular flexibility index (Phi) is 8.34. The number of rotatable bonds is 7. The van der Waals surface area contributed by atoms with Gasteiger partial charge in [-0.15, -0.1) is 0 Å². The number of Topliss-reactive ketones (excluding diaryl/α,β-unsaturated/α-hetero) is 2. The third-order valence-electron chi connectivity index (χ3n) is 5.63. The van der Waals surface area contributed by atoms with Gasteiger partial charge in [0.15, 0.2) is 12.2 Å². The quantitative estimate of drug-likeness (QED) is 0.614. The summed E-state index contributed by atoms with van der Waals surface area (Å²) in [5.41, 5.74) is 1.55. The van der Waals surface area contributed by atoms with Crippen LogP contribution in [0.3, 0.4) is 0 Å². The van der Waals surface area contributed by atoms with Crippen LogP contribution in [0.5, 0.6) is 0 Å². The van der Waals surface area contributed by atoms with Crippen LogP contribution in [-0.2, 0) is 38.6 Å². The molecule has 0 fully saturated rings. The van der Waals surface area contributed by atoms with Gasteiger partial charge in [0, 0.05) is 25.3 Å². The zero-order chi connectivity index (χ0) is 23.8. The van der Waals surface area contributed by atoms with Crippen LogP contribution in [-0.4, -0.2) is 41.1 Å². The first-order valence-corrected chi connectivity index (χ1v) is 11.1. The predicted octanol–water partition coefficient (Wildman–Crippen LogP) is 2.38. The van der Waals surface area contributed by atoms with Crippen LogP contribution in [0.1, 0.15) is 43.7 Å². The summed E-state index contributed by atoms with van der Waals surface area (Å²) in [5.74, 6) is -2.06. The third kappa shape index (κ3) is 6.74. The second kappa shape index (κ2) is 11.4. The van der Waals surface area contributed by atoms with Crippen molar-refractivity contribution in [3.63, 3.8) is 0 Å². The number of carbonyl (C=O) groups excluding carboxylic acids is 4. The largest absolute Gasteiger partial charge is 0.448 e. The average Bonchev–Trinajstić information content (AvgIpc) is 3.25. The number of benzene rings is 1. The van der Waals surface area contributed by atoms with Gasteiger partial charge in [0.05, 0.1) is 11.7 Å². The number of hydrogen-bond donors (Lipinski definition) is 2. The molecule has 2 unspecified atom stereocenters. The Hall–Kier alpha value is -3.49. The van der Waals surface area contributed by atoms with Crippen molar-refractivity contribution in [2.75, 3.05) is 6.54 Å². The summed E-state index contributed by atoms with van der Waals surface area (Å²) in [7, 11) is 0. The Morgan fingerprint density at radius 2 is 1.97 bits per heavy atom. The average molecular weight is 456 g/mol. The monoisotopic (exact) mass is 455 g/mol. The maximum Gasteiger partial charge on any atom is 0.408 e. The van der Waals surface area contributed by atoms with Gasteiger partial charge >= 0.3 is 6.09 Å². The van der Waals surface area contributed by atoms with Gasteiger partial charge in [0.1, 0.15) is 12.4 Å². The van der Waals surface area contributed by atoms with E-state index >= 15 is 0 Å². The second-order valence-corrected chi connectivity index (χ2v) is 8.43. The third-order valence-corrected chi connectivity index (χ3v) is 5.63. The highest BCUT2D eigenvalue weighted by molar-refractivity contribution is 6.37. The molecule has 2 atom stereocenters. The molecule has 1 aromatic carbocycles. The molecule has 0 saturated heterocycles. The van der Waals surface area contributed by atoms with Gasteiger partial charge in [-0.3, -0.25) is 14.4 Å². The van der Waals surface area contributed by atoms with Crippen molar-refractivity contribution < 1.29 is 28.3 Å². The molecule has 176 valence electrons. The summed E-state index contributed by atoms with van der Waals surface area (Å²) in [6.45, 7) is 3.91. The molecular formula is C24H29N3O6. The molecule has 0 spiro atoms. The zero-order valence-corrected chi connectivity index (χ0v) is 18.8. The Balaban J connectivity index is 1.64. The van der Waals surface area contributed by atoms with Crippen LogP contribution < -0.4 is 10.6 Å².